The second-order valence-electron chi connectivity index (χ2n) is 10.7. The summed E-state index contributed by atoms with van der Waals surface area (Å²) in [6.45, 7) is 5.47. The van der Waals surface area contributed by atoms with E-state index in [1.54, 1.807) is 42.5 Å². The van der Waals surface area contributed by atoms with Crippen LogP contribution < -0.4 is 9.62 Å². The molecule has 0 fully saturated rings. The summed E-state index contributed by atoms with van der Waals surface area (Å²) in [6, 6.07) is 27.4. The molecule has 4 aromatic carbocycles. The highest BCUT2D eigenvalue weighted by molar-refractivity contribution is 7.92. The Kier molecular flexibility index (Phi) is 10.9. The van der Waals surface area contributed by atoms with Crippen LogP contribution in [-0.2, 0) is 32.6 Å². The summed E-state index contributed by atoms with van der Waals surface area (Å²) in [5.74, 6) is -1.35. The number of aryl methyl sites for hydroxylation is 1. The van der Waals surface area contributed by atoms with Crippen LogP contribution in [0.25, 0.3) is 0 Å². The quantitative estimate of drug-likeness (QED) is 0.206. The largest absolute Gasteiger partial charge is 0.354 e. The maximum atomic E-state index is 14.4. The topological polar surface area (TPSA) is 86.8 Å². The van der Waals surface area contributed by atoms with Crippen molar-refractivity contribution in [1.82, 2.24) is 10.2 Å². The van der Waals surface area contributed by atoms with Crippen molar-refractivity contribution in [1.29, 1.82) is 0 Å². The number of amides is 2. The summed E-state index contributed by atoms with van der Waals surface area (Å²) in [7, 11) is -4.18. The molecule has 0 unspecified atom stereocenters. The Morgan fingerprint density at radius 2 is 1.45 bits per heavy atom. The predicted octanol–water partition coefficient (Wildman–Crippen LogP) is 5.80. The number of nitrogens with zero attached hydrogens (tertiary/aromatic N) is 2. The monoisotopic (exact) mass is 615 g/mol. The van der Waals surface area contributed by atoms with Crippen molar-refractivity contribution in [3.05, 3.63) is 131 Å². The minimum atomic E-state index is -4.18. The van der Waals surface area contributed by atoms with Crippen LogP contribution in [0.3, 0.4) is 0 Å². The minimum Gasteiger partial charge on any atom is -0.354 e. The van der Waals surface area contributed by atoms with E-state index in [4.69, 9.17) is 0 Å². The number of sulfonamides is 1. The van der Waals surface area contributed by atoms with Crippen LogP contribution in [-0.4, -0.2) is 44.3 Å². The van der Waals surface area contributed by atoms with Crippen molar-refractivity contribution >= 4 is 27.5 Å². The van der Waals surface area contributed by atoms with Crippen LogP contribution in [0.2, 0.25) is 0 Å². The molecule has 9 heteroatoms. The van der Waals surface area contributed by atoms with E-state index in [0.717, 1.165) is 15.4 Å². The van der Waals surface area contributed by atoms with Crippen LogP contribution in [0.15, 0.2) is 108 Å². The van der Waals surface area contributed by atoms with Gasteiger partial charge in [0, 0.05) is 19.5 Å². The summed E-state index contributed by atoms with van der Waals surface area (Å²) < 4.78 is 43.2. The van der Waals surface area contributed by atoms with Gasteiger partial charge in [-0.3, -0.25) is 13.9 Å². The molecule has 1 atom stereocenters. The Bertz CT molecular complexity index is 1660. The fourth-order valence-electron chi connectivity index (χ4n) is 4.95. The van der Waals surface area contributed by atoms with E-state index in [9.17, 15) is 22.4 Å². The van der Waals surface area contributed by atoms with Crippen molar-refractivity contribution in [2.45, 2.75) is 51.1 Å². The highest BCUT2D eigenvalue weighted by Gasteiger charge is 2.35. The van der Waals surface area contributed by atoms with Crippen molar-refractivity contribution < 1.29 is 22.4 Å². The first-order valence-corrected chi connectivity index (χ1v) is 16.1. The van der Waals surface area contributed by atoms with Crippen molar-refractivity contribution in [3.8, 4) is 0 Å². The van der Waals surface area contributed by atoms with Crippen molar-refractivity contribution in [2.24, 2.45) is 0 Å². The van der Waals surface area contributed by atoms with Gasteiger partial charge in [-0.15, -0.1) is 0 Å². The maximum Gasteiger partial charge on any atom is 0.264 e. The third kappa shape index (κ3) is 7.90. The number of hydrogen-bond donors (Lipinski definition) is 1. The van der Waals surface area contributed by atoms with Gasteiger partial charge in [-0.05, 0) is 72.9 Å². The van der Waals surface area contributed by atoms with Gasteiger partial charge in [0.05, 0.1) is 10.6 Å². The van der Waals surface area contributed by atoms with Crippen LogP contribution in [0.4, 0.5) is 10.1 Å². The highest BCUT2D eigenvalue weighted by Crippen LogP contribution is 2.29. The minimum absolute atomic E-state index is 0.0256. The number of carbonyl (C=O) groups excluding carboxylic acids is 2. The van der Waals surface area contributed by atoms with Gasteiger partial charge in [0.1, 0.15) is 18.4 Å². The molecule has 0 bridgehead atoms. The standard InChI is InChI=1S/C35H38FN3O4S/c1-4-22-37-35(41)33(23-28-13-7-5-8-14-28)38(24-29-18-20-30(36)21-19-29)34(40)25-39(32-17-11-12-26(2)27(32)3)44(42,43)31-15-9-6-10-16-31/h5-21,33H,4,22-25H2,1-3H3,(H,37,41)/t33-/m0/s1. The van der Waals surface area contributed by atoms with Gasteiger partial charge in [0.2, 0.25) is 11.8 Å². The molecule has 7 nitrogen and oxygen atoms in total. The van der Waals surface area contributed by atoms with Gasteiger partial charge in [-0.1, -0.05) is 79.7 Å². The summed E-state index contributed by atoms with van der Waals surface area (Å²) in [5, 5.41) is 2.92. The Hall–Kier alpha value is -4.50. The number of halogens is 1. The Morgan fingerprint density at radius 1 is 0.818 bits per heavy atom. The first kappa shape index (κ1) is 32.4. The summed E-state index contributed by atoms with van der Waals surface area (Å²) >= 11 is 0. The smallest absolute Gasteiger partial charge is 0.264 e. The van der Waals surface area contributed by atoms with Gasteiger partial charge >= 0.3 is 0 Å². The molecule has 230 valence electrons. The Balaban J connectivity index is 1.81. The lowest BCUT2D eigenvalue weighted by Crippen LogP contribution is -2.53. The Labute approximate surface area is 259 Å². The molecule has 4 rings (SSSR count). The molecule has 0 heterocycles. The molecule has 0 radical (unpaired) electrons. The first-order valence-electron chi connectivity index (χ1n) is 14.6. The molecule has 2 amide bonds. The maximum absolute atomic E-state index is 14.4. The molecule has 0 aliphatic heterocycles. The van der Waals surface area contributed by atoms with Crippen LogP contribution in [0.5, 0.6) is 0 Å². The van der Waals surface area contributed by atoms with Crippen LogP contribution in [0, 0.1) is 19.7 Å². The Morgan fingerprint density at radius 3 is 2.09 bits per heavy atom. The number of benzene rings is 4. The second-order valence-corrected chi connectivity index (χ2v) is 12.6. The summed E-state index contributed by atoms with van der Waals surface area (Å²) in [5.41, 5.74) is 3.40. The lowest BCUT2D eigenvalue weighted by Gasteiger charge is -2.34. The van der Waals surface area contributed by atoms with Gasteiger partial charge in [-0.2, -0.15) is 0 Å². The molecule has 0 saturated heterocycles. The van der Waals surface area contributed by atoms with E-state index in [-0.39, 0.29) is 23.8 Å². The number of rotatable bonds is 13. The van der Waals surface area contributed by atoms with Crippen LogP contribution in [0.1, 0.15) is 35.6 Å². The fourth-order valence-corrected chi connectivity index (χ4v) is 6.44. The van der Waals surface area contributed by atoms with Crippen molar-refractivity contribution in [2.75, 3.05) is 17.4 Å². The normalized spacial score (nSPS) is 11.9. The van der Waals surface area contributed by atoms with Gasteiger partial charge < -0.3 is 10.2 Å². The zero-order valence-electron chi connectivity index (χ0n) is 25.2. The van der Waals surface area contributed by atoms with E-state index in [0.29, 0.717) is 29.8 Å². The molecule has 0 aliphatic carbocycles. The zero-order valence-corrected chi connectivity index (χ0v) is 26.1. The fraction of sp³-hybridized carbons (Fsp3) is 0.257. The van der Waals surface area contributed by atoms with Gasteiger partial charge in [0.25, 0.3) is 10.0 Å². The number of hydrogen-bond acceptors (Lipinski definition) is 4. The number of carbonyl (C=O) groups is 2. The lowest BCUT2D eigenvalue weighted by molar-refractivity contribution is -0.140. The van der Waals surface area contributed by atoms with Crippen LogP contribution >= 0.6 is 0 Å². The third-order valence-electron chi connectivity index (χ3n) is 7.54. The summed E-state index contributed by atoms with van der Waals surface area (Å²) in [4.78, 5) is 29.6. The average Bonchev–Trinajstić information content (AvgIpc) is 3.03. The molecule has 0 saturated carbocycles. The molecule has 44 heavy (non-hydrogen) atoms. The zero-order chi connectivity index (χ0) is 31.7. The van der Waals surface area contributed by atoms with E-state index < -0.39 is 34.3 Å². The number of anilines is 1. The lowest BCUT2D eigenvalue weighted by atomic mass is 10.0. The third-order valence-corrected chi connectivity index (χ3v) is 9.32. The molecule has 4 aromatic rings. The summed E-state index contributed by atoms with van der Waals surface area (Å²) in [6.07, 6.45) is 0.906. The van der Waals surface area contributed by atoms with Crippen molar-refractivity contribution in [3.63, 3.8) is 0 Å². The molecule has 0 aromatic heterocycles. The van der Waals surface area contributed by atoms with Gasteiger partial charge in [-0.25, -0.2) is 12.8 Å². The van der Waals surface area contributed by atoms with E-state index in [1.807, 2.05) is 57.2 Å². The van der Waals surface area contributed by atoms with E-state index >= 15 is 0 Å². The SMILES string of the molecule is CCCNC(=O)[C@H](Cc1ccccc1)N(Cc1ccc(F)cc1)C(=O)CN(c1cccc(C)c1C)S(=O)(=O)c1ccccc1. The average molecular weight is 616 g/mol. The number of nitrogens with one attached hydrogen (secondary N) is 1. The predicted molar refractivity (Wildman–Crippen MR) is 171 cm³/mol. The molecule has 0 spiro atoms. The molecular weight excluding hydrogens is 577 g/mol. The molecule has 0 aliphatic rings. The molecule has 1 N–H and O–H groups in total. The van der Waals surface area contributed by atoms with E-state index in [2.05, 4.69) is 5.32 Å². The van der Waals surface area contributed by atoms with Gasteiger partial charge in [0.15, 0.2) is 0 Å². The van der Waals surface area contributed by atoms with E-state index in [1.165, 1.54) is 29.2 Å². The molecular formula is C35H38FN3O4S. The highest BCUT2D eigenvalue weighted by atomic mass is 32.2. The first-order chi connectivity index (χ1) is 21.1. The second kappa shape index (κ2) is 14.8.